The number of methoxy groups -OCH3 is 2. The topological polar surface area (TPSA) is 322 Å². The van der Waals surface area contributed by atoms with Gasteiger partial charge >= 0.3 is 23.9 Å². The number of allylic oxidation sites excluding steroid dienone is 2. The lowest BCUT2D eigenvalue weighted by molar-refractivity contribution is -0.327. The number of esters is 4. The van der Waals surface area contributed by atoms with E-state index in [1.165, 1.54) is 24.3 Å². The number of carbonyl (C=O) groups is 4. The summed E-state index contributed by atoms with van der Waals surface area (Å²) in [6, 6.07) is 6.26. The van der Waals surface area contributed by atoms with Crippen LogP contribution in [-0.2, 0) is 68.2 Å². The third-order valence-corrected chi connectivity index (χ3v) is 11.0. The number of rotatable bonds is 16. The van der Waals surface area contributed by atoms with E-state index in [1.807, 2.05) is 0 Å². The van der Waals surface area contributed by atoms with E-state index in [0.29, 0.717) is 5.56 Å². The Morgan fingerprint density at radius 3 is 1.47 bits per heavy atom. The molecule has 1 aromatic carbocycles. The zero-order valence-electron chi connectivity index (χ0n) is 35.2. The third kappa shape index (κ3) is 11.5. The van der Waals surface area contributed by atoms with Crippen molar-refractivity contribution in [2.75, 3.05) is 34.0 Å². The first-order chi connectivity index (χ1) is 30.6. The Labute approximate surface area is 366 Å². The van der Waals surface area contributed by atoms with Gasteiger partial charge in [0.05, 0.1) is 70.6 Å². The molecule has 0 aliphatic carbocycles. The Balaban J connectivity index is 1.17. The molecule has 14 atom stereocenters. The van der Waals surface area contributed by atoms with Gasteiger partial charge in [-0.1, -0.05) is 24.3 Å². The molecule has 0 aromatic heterocycles. The quantitative estimate of drug-likeness (QED) is 0.0386. The predicted molar refractivity (Wildman–Crippen MR) is 210 cm³/mol. The number of benzene rings is 1. The fourth-order valence-corrected chi connectivity index (χ4v) is 7.42. The summed E-state index contributed by atoms with van der Waals surface area (Å²) in [5.74, 6) is -4.95. The number of hydrogen-bond donors (Lipinski definition) is 8. The summed E-state index contributed by atoms with van der Waals surface area (Å²) in [6.07, 6.45) is -14.0. The van der Waals surface area contributed by atoms with Crippen molar-refractivity contribution in [2.45, 2.75) is 107 Å². The minimum Gasteiger partial charge on any atom is -0.468 e. The van der Waals surface area contributed by atoms with Crippen molar-refractivity contribution in [1.29, 1.82) is 0 Å². The van der Waals surface area contributed by atoms with Crippen LogP contribution in [0.1, 0.15) is 32.3 Å². The van der Waals surface area contributed by atoms with E-state index in [2.05, 4.69) is 0 Å². The maximum absolute atomic E-state index is 13.3. The van der Waals surface area contributed by atoms with Crippen molar-refractivity contribution in [1.82, 2.24) is 0 Å². The van der Waals surface area contributed by atoms with E-state index in [0.717, 1.165) is 26.7 Å². The lowest BCUT2D eigenvalue weighted by Crippen LogP contribution is -2.60. The molecule has 2 fully saturated rings. The molecule has 0 saturated carbocycles. The second-order valence-electron chi connectivity index (χ2n) is 14.9. The van der Waals surface area contributed by atoms with E-state index in [1.54, 1.807) is 26.0 Å². The van der Waals surface area contributed by atoms with Crippen molar-refractivity contribution in [2.24, 2.45) is 11.8 Å². The zero-order chi connectivity index (χ0) is 46.8. The monoisotopic (exact) mass is 910 g/mol. The van der Waals surface area contributed by atoms with Crippen LogP contribution in [0.5, 0.6) is 5.75 Å². The standard InChI is InChI=1S/C42H54O22/c1-5-21-23(25(37(53)55-3)17-58-39(21)63-41-35(51)33(49)31(47)27(15-43)61-41)13-29(45)57-12-11-19-7-9-20(10-8-19)60-30(46)14-24-22(6-2)40(59-18-26(24)38(54)56-4)64-42-36(52)34(50)32(48)28(16-44)62-42/h5-10,17-18,23-24,27-28,31-36,39-44,47-52H,11-16H2,1-4H3. The number of ether oxygens (including phenoxy) is 10. The Kier molecular flexibility index (Phi) is 17.9. The molecule has 2 saturated heterocycles. The van der Waals surface area contributed by atoms with E-state index >= 15 is 0 Å². The molecular formula is C42H54O22. The number of hydrogen-bond acceptors (Lipinski definition) is 22. The summed E-state index contributed by atoms with van der Waals surface area (Å²) in [4.78, 5) is 51.9. The van der Waals surface area contributed by atoms with Gasteiger partial charge in [-0.15, -0.1) is 0 Å². The Morgan fingerprint density at radius 1 is 0.625 bits per heavy atom. The Bertz CT molecular complexity index is 1910. The lowest BCUT2D eigenvalue weighted by atomic mass is 9.86. The largest absolute Gasteiger partial charge is 0.468 e. The van der Waals surface area contributed by atoms with E-state index < -0.39 is 129 Å². The van der Waals surface area contributed by atoms with Crippen LogP contribution in [0.25, 0.3) is 0 Å². The normalized spacial score (nSPS) is 34.1. The SMILES string of the molecule is CC=C1C(OC2OC(CO)C(O)C(O)C2O)OC=C(C(=O)OC)C1CC(=O)OCCc1ccc(OC(=O)CC2C(C(=O)OC)=COC(OC3OC(CO)C(O)C(O)C3O)C2=CC)cc1. The number of aliphatic hydroxyl groups is 8. The first kappa shape index (κ1) is 50.2. The molecule has 4 aliphatic heterocycles. The Morgan fingerprint density at radius 2 is 1.06 bits per heavy atom. The summed E-state index contributed by atoms with van der Waals surface area (Å²) in [5.41, 5.74) is 1.08. The summed E-state index contributed by atoms with van der Waals surface area (Å²) >= 11 is 0. The highest BCUT2D eigenvalue weighted by Gasteiger charge is 2.48. The second-order valence-corrected chi connectivity index (χ2v) is 14.9. The van der Waals surface area contributed by atoms with Gasteiger partial charge in [0.25, 0.3) is 0 Å². The molecule has 4 heterocycles. The molecule has 1 aromatic rings. The van der Waals surface area contributed by atoms with Gasteiger partial charge in [-0.05, 0) is 31.5 Å². The molecule has 8 N–H and O–H groups in total. The molecule has 14 unspecified atom stereocenters. The van der Waals surface area contributed by atoms with Crippen LogP contribution in [0, 0.1) is 11.8 Å². The van der Waals surface area contributed by atoms with Crippen molar-refractivity contribution < 1.29 is 107 Å². The average molecular weight is 911 g/mol. The summed E-state index contributed by atoms with van der Waals surface area (Å²) in [7, 11) is 2.28. The maximum Gasteiger partial charge on any atom is 0.337 e. The van der Waals surface area contributed by atoms with Crippen LogP contribution in [-0.4, -0.2) is 173 Å². The Hall–Kier alpha value is -4.82. The van der Waals surface area contributed by atoms with E-state index in [-0.39, 0.29) is 47.5 Å². The molecular weight excluding hydrogens is 856 g/mol. The van der Waals surface area contributed by atoms with Gasteiger partial charge in [0.2, 0.25) is 12.6 Å². The number of aliphatic hydroxyl groups excluding tert-OH is 8. The highest BCUT2D eigenvalue weighted by molar-refractivity contribution is 5.91. The van der Waals surface area contributed by atoms with Crippen molar-refractivity contribution in [3.63, 3.8) is 0 Å². The summed E-state index contributed by atoms with van der Waals surface area (Å²) in [5, 5.41) is 80.8. The van der Waals surface area contributed by atoms with E-state index in [4.69, 9.17) is 47.4 Å². The maximum atomic E-state index is 13.3. The van der Waals surface area contributed by atoms with Gasteiger partial charge in [0.1, 0.15) is 54.6 Å². The van der Waals surface area contributed by atoms with Gasteiger partial charge in [-0.25, -0.2) is 9.59 Å². The molecule has 0 amide bonds. The van der Waals surface area contributed by atoms with Crippen molar-refractivity contribution >= 4 is 23.9 Å². The van der Waals surface area contributed by atoms with Crippen molar-refractivity contribution in [3.05, 3.63) is 76.8 Å². The zero-order valence-corrected chi connectivity index (χ0v) is 35.2. The molecule has 0 spiro atoms. The lowest BCUT2D eigenvalue weighted by Gasteiger charge is -2.41. The molecule has 4 aliphatic rings. The van der Waals surface area contributed by atoms with Crippen LogP contribution in [0.2, 0.25) is 0 Å². The second kappa shape index (κ2) is 22.9. The molecule has 22 nitrogen and oxygen atoms in total. The van der Waals surface area contributed by atoms with Gasteiger partial charge in [-0.2, -0.15) is 0 Å². The molecule has 0 bridgehead atoms. The third-order valence-electron chi connectivity index (χ3n) is 11.0. The smallest absolute Gasteiger partial charge is 0.337 e. The molecule has 354 valence electrons. The first-order valence-electron chi connectivity index (χ1n) is 20.2. The minimum absolute atomic E-state index is 0.0381. The summed E-state index contributed by atoms with van der Waals surface area (Å²) in [6.45, 7) is 1.68. The first-order valence-corrected chi connectivity index (χ1v) is 20.2. The van der Waals surface area contributed by atoms with Gasteiger partial charge in [0.15, 0.2) is 12.6 Å². The fraction of sp³-hybridized carbons (Fsp3) is 0.571. The van der Waals surface area contributed by atoms with Crippen LogP contribution >= 0.6 is 0 Å². The fourth-order valence-electron chi connectivity index (χ4n) is 7.42. The van der Waals surface area contributed by atoms with Crippen LogP contribution < -0.4 is 4.74 Å². The molecule has 5 rings (SSSR count). The van der Waals surface area contributed by atoms with Gasteiger partial charge in [0, 0.05) is 29.4 Å². The average Bonchev–Trinajstić information content (AvgIpc) is 3.29. The molecule has 0 radical (unpaired) electrons. The summed E-state index contributed by atoms with van der Waals surface area (Å²) < 4.78 is 54.4. The van der Waals surface area contributed by atoms with Crippen LogP contribution in [0.3, 0.4) is 0 Å². The number of carbonyl (C=O) groups excluding carboxylic acids is 4. The molecule has 64 heavy (non-hydrogen) atoms. The van der Waals surface area contributed by atoms with Crippen LogP contribution in [0.4, 0.5) is 0 Å². The molecule has 22 heteroatoms. The highest BCUT2D eigenvalue weighted by Crippen LogP contribution is 2.38. The van der Waals surface area contributed by atoms with Gasteiger partial charge < -0.3 is 88.2 Å². The van der Waals surface area contributed by atoms with Crippen LogP contribution in [0.15, 0.2) is 71.2 Å². The van der Waals surface area contributed by atoms with Gasteiger partial charge in [-0.3, -0.25) is 9.59 Å². The highest BCUT2D eigenvalue weighted by atomic mass is 16.8. The predicted octanol–water partition coefficient (Wildman–Crippen LogP) is -1.96. The minimum atomic E-state index is -1.75. The van der Waals surface area contributed by atoms with E-state index in [9.17, 15) is 60.0 Å². The van der Waals surface area contributed by atoms with Crippen molar-refractivity contribution in [3.8, 4) is 5.75 Å².